The summed E-state index contributed by atoms with van der Waals surface area (Å²) in [5.41, 5.74) is 3.72. The standard InChI is InChI=1S/C29H30N2O7S/c1-17-14-37-24-13-25-22(12-21(17)24)18(2)20(29(36)38-25)8-9-26(32)31-23(28(35)30-11-10-27(33)34)16-39-15-19-6-4-3-5-7-19/h3-7,12-14,23H,8-11,15-16H2,1-2H3,(H,30,35)(H,31,32)(H,33,34)/t23-/m1/s1. The first-order valence-corrected chi connectivity index (χ1v) is 13.7. The van der Waals surface area contributed by atoms with Crippen molar-refractivity contribution >= 4 is 51.5 Å². The predicted octanol–water partition coefficient (Wildman–Crippen LogP) is 4.10. The molecular formula is C29H30N2O7S. The van der Waals surface area contributed by atoms with Gasteiger partial charge < -0.3 is 24.6 Å². The zero-order valence-electron chi connectivity index (χ0n) is 21.7. The molecule has 204 valence electrons. The first-order chi connectivity index (χ1) is 18.7. The number of aliphatic carboxylic acids is 1. The van der Waals surface area contributed by atoms with Gasteiger partial charge in [0.15, 0.2) is 0 Å². The van der Waals surface area contributed by atoms with Gasteiger partial charge in [-0.05, 0) is 43.0 Å². The Bertz CT molecular complexity index is 1560. The van der Waals surface area contributed by atoms with E-state index in [1.807, 2.05) is 50.2 Å². The van der Waals surface area contributed by atoms with Gasteiger partial charge in [0.1, 0.15) is 17.2 Å². The number of benzene rings is 2. The molecule has 3 N–H and O–H groups in total. The van der Waals surface area contributed by atoms with Crippen molar-refractivity contribution in [3.05, 3.63) is 81.4 Å². The minimum absolute atomic E-state index is 0.0215. The molecule has 0 unspecified atom stereocenters. The maximum atomic E-state index is 12.9. The van der Waals surface area contributed by atoms with Crippen molar-refractivity contribution in [3.8, 4) is 0 Å². The average Bonchev–Trinajstić information content (AvgIpc) is 3.26. The highest BCUT2D eigenvalue weighted by Gasteiger charge is 2.22. The second-order valence-corrected chi connectivity index (χ2v) is 10.3. The van der Waals surface area contributed by atoms with Gasteiger partial charge in [-0.15, -0.1) is 0 Å². The molecule has 0 saturated carbocycles. The van der Waals surface area contributed by atoms with Crippen LogP contribution < -0.4 is 16.3 Å². The highest BCUT2D eigenvalue weighted by molar-refractivity contribution is 7.98. The van der Waals surface area contributed by atoms with E-state index in [2.05, 4.69) is 10.6 Å². The third-order valence-electron chi connectivity index (χ3n) is 6.46. The van der Waals surface area contributed by atoms with Crippen LogP contribution in [0.1, 0.15) is 35.1 Å². The summed E-state index contributed by atoms with van der Waals surface area (Å²) in [7, 11) is 0. The molecule has 1 atom stereocenters. The summed E-state index contributed by atoms with van der Waals surface area (Å²) in [5, 5.41) is 15.9. The van der Waals surface area contributed by atoms with Crippen LogP contribution in [-0.4, -0.2) is 41.2 Å². The van der Waals surface area contributed by atoms with Gasteiger partial charge in [-0.1, -0.05) is 30.3 Å². The fourth-order valence-electron chi connectivity index (χ4n) is 4.30. The summed E-state index contributed by atoms with van der Waals surface area (Å²) in [4.78, 5) is 49.2. The van der Waals surface area contributed by atoms with Crippen LogP contribution in [0.15, 0.2) is 62.4 Å². The number of carboxylic acid groups (broad SMARTS) is 1. The molecule has 0 aliphatic heterocycles. The highest BCUT2D eigenvalue weighted by Crippen LogP contribution is 2.29. The molecule has 0 aliphatic rings. The summed E-state index contributed by atoms with van der Waals surface area (Å²) in [6.45, 7) is 3.72. The first-order valence-electron chi connectivity index (χ1n) is 12.6. The van der Waals surface area contributed by atoms with Crippen LogP contribution in [0.2, 0.25) is 0 Å². The molecule has 0 bridgehead atoms. The molecule has 9 nitrogen and oxygen atoms in total. The summed E-state index contributed by atoms with van der Waals surface area (Å²) >= 11 is 1.48. The van der Waals surface area contributed by atoms with E-state index < -0.39 is 29.5 Å². The van der Waals surface area contributed by atoms with E-state index in [4.69, 9.17) is 13.9 Å². The monoisotopic (exact) mass is 550 g/mol. The fraction of sp³-hybridized carbons (Fsp3) is 0.310. The second kappa shape index (κ2) is 12.7. The summed E-state index contributed by atoms with van der Waals surface area (Å²) in [6.07, 6.45) is 1.55. The number of carbonyl (C=O) groups is 3. The van der Waals surface area contributed by atoms with Crippen molar-refractivity contribution in [2.45, 2.75) is 44.9 Å². The Morgan fingerprint density at radius 1 is 1.03 bits per heavy atom. The minimum Gasteiger partial charge on any atom is -0.481 e. The molecule has 4 aromatic rings. The first kappa shape index (κ1) is 28.0. The van der Waals surface area contributed by atoms with Gasteiger partial charge in [0.25, 0.3) is 0 Å². The molecule has 2 aromatic heterocycles. The molecule has 0 radical (unpaired) electrons. The Morgan fingerprint density at radius 3 is 2.54 bits per heavy atom. The largest absolute Gasteiger partial charge is 0.481 e. The van der Waals surface area contributed by atoms with Crippen molar-refractivity contribution in [3.63, 3.8) is 0 Å². The molecule has 4 rings (SSSR count). The van der Waals surface area contributed by atoms with Gasteiger partial charge >= 0.3 is 11.6 Å². The van der Waals surface area contributed by atoms with Gasteiger partial charge in [0.05, 0.1) is 12.7 Å². The Balaban J connectivity index is 1.43. The van der Waals surface area contributed by atoms with E-state index in [1.54, 1.807) is 12.3 Å². The molecule has 0 fully saturated rings. The molecule has 0 spiro atoms. The number of rotatable bonds is 12. The second-order valence-electron chi connectivity index (χ2n) is 9.31. The number of furan rings is 1. The minimum atomic E-state index is -1.03. The number of amides is 2. The van der Waals surface area contributed by atoms with Crippen LogP contribution in [-0.2, 0) is 26.6 Å². The van der Waals surface area contributed by atoms with E-state index in [-0.39, 0.29) is 25.8 Å². The van der Waals surface area contributed by atoms with Gasteiger partial charge in [-0.2, -0.15) is 11.8 Å². The quantitative estimate of drug-likeness (QED) is 0.224. The SMILES string of the molecule is Cc1coc2cc3oc(=O)c(CCC(=O)N[C@H](CSCc4ccccc4)C(=O)NCCC(=O)O)c(C)c3cc12. The number of nitrogens with one attached hydrogen (secondary N) is 2. The van der Waals surface area contributed by atoms with Crippen molar-refractivity contribution in [1.82, 2.24) is 10.6 Å². The zero-order valence-corrected chi connectivity index (χ0v) is 22.6. The lowest BCUT2D eigenvalue weighted by Gasteiger charge is -2.18. The molecule has 2 heterocycles. The molecule has 2 amide bonds. The Hall–Kier alpha value is -4.05. The van der Waals surface area contributed by atoms with Crippen molar-refractivity contribution in [2.24, 2.45) is 0 Å². The van der Waals surface area contributed by atoms with E-state index >= 15 is 0 Å². The number of fused-ring (bicyclic) bond motifs is 2. The molecule has 0 aliphatic carbocycles. The summed E-state index contributed by atoms with van der Waals surface area (Å²) in [5.74, 6) is -0.921. The van der Waals surface area contributed by atoms with Gasteiger partial charge in [-0.3, -0.25) is 14.4 Å². The molecule has 2 aromatic carbocycles. The van der Waals surface area contributed by atoms with E-state index in [0.29, 0.717) is 28.2 Å². The average molecular weight is 551 g/mol. The van der Waals surface area contributed by atoms with E-state index in [9.17, 15) is 19.2 Å². The maximum absolute atomic E-state index is 12.9. The summed E-state index contributed by atoms with van der Waals surface area (Å²) in [6, 6.07) is 12.5. The van der Waals surface area contributed by atoms with Crippen LogP contribution in [0.3, 0.4) is 0 Å². The van der Waals surface area contributed by atoms with Crippen LogP contribution in [0.5, 0.6) is 0 Å². The third-order valence-corrected chi connectivity index (χ3v) is 7.57. The van der Waals surface area contributed by atoms with Gasteiger partial charge in [0, 0.05) is 46.9 Å². The number of carbonyl (C=O) groups excluding carboxylic acids is 2. The summed E-state index contributed by atoms with van der Waals surface area (Å²) < 4.78 is 11.1. The highest BCUT2D eigenvalue weighted by atomic mass is 32.2. The number of thioether (sulfide) groups is 1. The maximum Gasteiger partial charge on any atom is 0.339 e. The van der Waals surface area contributed by atoms with Crippen molar-refractivity contribution < 1.29 is 28.3 Å². The third kappa shape index (κ3) is 7.08. The van der Waals surface area contributed by atoms with Gasteiger partial charge in [-0.25, -0.2) is 4.79 Å². The Morgan fingerprint density at radius 2 is 1.79 bits per heavy atom. The molecule has 0 saturated heterocycles. The predicted molar refractivity (Wildman–Crippen MR) is 150 cm³/mol. The van der Waals surface area contributed by atoms with E-state index in [0.717, 1.165) is 27.5 Å². The Labute approximate surface area is 228 Å². The van der Waals surface area contributed by atoms with Crippen LogP contribution in [0, 0.1) is 13.8 Å². The number of hydrogen-bond acceptors (Lipinski definition) is 7. The van der Waals surface area contributed by atoms with Crippen molar-refractivity contribution in [2.75, 3.05) is 12.3 Å². The lowest BCUT2D eigenvalue weighted by atomic mass is 10.0. The Kier molecular flexibility index (Phi) is 9.08. The lowest BCUT2D eigenvalue weighted by molar-refractivity contribution is -0.137. The fourth-order valence-corrected chi connectivity index (χ4v) is 5.32. The molecular weight excluding hydrogens is 520 g/mol. The van der Waals surface area contributed by atoms with Crippen LogP contribution in [0.25, 0.3) is 21.9 Å². The normalized spacial score (nSPS) is 11.9. The number of aryl methyl sites for hydroxylation is 2. The van der Waals surface area contributed by atoms with Crippen LogP contribution >= 0.6 is 11.8 Å². The van der Waals surface area contributed by atoms with Gasteiger partial charge in [0.2, 0.25) is 11.8 Å². The lowest BCUT2D eigenvalue weighted by Crippen LogP contribution is -2.48. The zero-order chi connectivity index (χ0) is 27.9. The van der Waals surface area contributed by atoms with Crippen LogP contribution in [0.4, 0.5) is 0 Å². The molecule has 39 heavy (non-hydrogen) atoms. The van der Waals surface area contributed by atoms with Crippen molar-refractivity contribution in [1.29, 1.82) is 0 Å². The smallest absolute Gasteiger partial charge is 0.339 e. The number of hydrogen-bond donors (Lipinski definition) is 3. The topological polar surface area (TPSA) is 139 Å². The molecule has 10 heteroatoms. The van der Waals surface area contributed by atoms with E-state index in [1.165, 1.54) is 11.8 Å². The number of carboxylic acids is 1.